The molecule has 0 radical (unpaired) electrons. The van der Waals surface area contributed by atoms with Gasteiger partial charge in [-0.2, -0.15) is 0 Å². The second-order valence-electron chi connectivity index (χ2n) is 15.5. The Morgan fingerprint density at radius 3 is 2.48 bits per heavy atom. The molecule has 3 N–H and O–H groups in total. The maximum Gasteiger partial charge on any atom is 0.225 e. The van der Waals surface area contributed by atoms with Crippen LogP contribution in [0.4, 0.5) is 4.39 Å². The summed E-state index contributed by atoms with van der Waals surface area (Å²) >= 11 is 0. The first kappa shape index (κ1) is 34.5. The Morgan fingerprint density at radius 1 is 0.957 bits per heavy atom. The van der Waals surface area contributed by atoms with Gasteiger partial charge < -0.3 is 34.4 Å². The number of nitrogens with one attached hydrogen (secondary N) is 2. The SMILES string of the molecule is COC1CCC(C(=O)N2CCC3CC(C(=O)NC[C@H](O)CN4CCC5CC(OCC6OCNC6C)C(F)CC5C4)CCC3C2)CC1. The fraction of sp³-hybridized carbons (Fsp3) is 0.943. The average Bonchev–Trinajstić information content (AvgIpc) is 3.49. The number of β-amino-alcohol motifs (C(OH)–C–C–N with tert-alkyl or cyclic N) is 1. The van der Waals surface area contributed by atoms with Crippen molar-refractivity contribution >= 4 is 11.8 Å². The number of hydrogen-bond acceptors (Lipinski definition) is 8. The van der Waals surface area contributed by atoms with Crippen molar-refractivity contribution in [2.75, 3.05) is 59.7 Å². The molecule has 10 atom stereocenters. The molecule has 9 unspecified atom stereocenters. The minimum Gasteiger partial charge on any atom is -0.390 e. The summed E-state index contributed by atoms with van der Waals surface area (Å²) in [6.07, 6.45) is 8.03. The Hall–Kier alpha value is -1.37. The number of aliphatic hydroxyl groups is 1. The van der Waals surface area contributed by atoms with E-state index in [2.05, 4.69) is 27.4 Å². The summed E-state index contributed by atoms with van der Waals surface area (Å²) in [6, 6.07) is 0.224. The number of carbonyl (C=O) groups excluding carboxylic acids is 2. The van der Waals surface area contributed by atoms with Crippen LogP contribution in [0.1, 0.15) is 77.6 Å². The lowest BCUT2D eigenvalue weighted by Crippen LogP contribution is -2.51. The highest BCUT2D eigenvalue weighted by Crippen LogP contribution is 2.41. The summed E-state index contributed by atoms with van der Waals surface area (Å²) in [5.74, 6) is 2.19. The van der Waals surface area contributed by atoms with Crippen LogP contribution in [0, 0.1) is 35.5 Å². The van der Waals surface area contributed by atoms with Crippen LogP contribution < -0.4 is 10.6 Å². The molecule has 262 valence electrons. The Kier molecular flexibility index (Phi) is 11.9. The molecule has 0 aromatic rings. The van der Waals surface area contributed by atoms with Crippen LogP contribution in [0.3, 0.4) is 0 Å². The van der Waals surface area contributed by atoms with Crippen LogP contribution in [-0.4, -0.2) is 123 Å². The van der Waals surface area contributed by atoms with Crippen LogP contribution in [0.25, 0.3) is 0 Å². The lowest BCUT2D eigenvalue weighted by molar-refractivity contribution is -0.141. The van der Waals surface area contributed by atoms with E-state index in [1.54, 1.807) is 7.11 Å². The van der Waals surface area contributed by atoms with Gasteiger partial charge >= 0.3 is 0 Å². The molecule has 2 amide bonds. The number of methoxy groups -OCH3 is 1. The van der Waals surface area contributed by atoms with Crippen LogP contribution in [-0.2, 0) is 23.8 Å². The molecular weight excluding hydrogens is 591 g/mol. The number of rotatable bonds is 10. The maximum absolute atomic E-state index is 15.1. The standard InChI is InChI=1S/C35H59FN4O6/c1-22-33(46-21-38-22)20-45-32-15-25-9-11-39(17-28(25)14-31(32)36)19-29(41)16-37-34(42)26-3-4-27-18-40(12-10-24(27)13-26)35(43)23-5-7-30(44-2)8-6-23/h22-33,38,41H,3-21H2,1-2H3,(H,37,42)/t22?,23?,24?,25?,26?,27?,28?,29-,30?,31?,32?,33?/m0/s1. The molecule has 3 saturated carbocycles. The number of amides is 2. The Balaban J connectivity index is 0.870. The quantitative estimate of drug-likeness (QED) is 0.331. The first-order chi connectivity index (χ1) is 22.3. The van der Waals surface area contributed by atoms with E-state index < -0.39 is 12.3 Å². The van der Waals surface area contributed by atoms with Gasteiger partial charge in [0, 0.05) is 57.7 Å². The third-order valence-electron chi connectivity index (χ3n) is 12.6. The van der Waals surface area contributed by atoms with Gasteiger partial charge in [0.25, 0.3) is 0 Å². The van der Waals surface area contributed by atoms with Crippen molar-refractivity contribution in [3.8, 4) is 0 Å². The number of nitrogens with zero attached hydrogens (tertiary/aromatic N) is 2. The number of fused-ring (bicyclic) bond motifs is 2. The van der Waals surface area contributed by atoms with Crippen LogP contribution in [0.15, 0.2) is 0 Å². The molecule has 3 aliphatic carbocycles. The minimum atomic E-state index is -0.973. The lowest BCUT2D eigenvalue weighted by atomic mass is 9.70. The van der Waals surface area contributed by atoms with Gasteiger partial charge in [0.1, 0.15) is 6.17 Å². The molecule has 0 aromatic heterocycles. The molecule has 3 aliphatic heterocycles. The summed E-state index contributed by atoms with van der Waals surface area (Å²) in [5.41, 5.74) is 0. The van der Waals surface area contributed by atoms with E-state index in [4.69, 9.17) is 14.2 Å². The molecule has 0 bridgehead atoms. The fourth-order valence-corrected chi connectivity index (χ4v) is 9.52. The van der Waals surface area contributed by atoms with E-state index in [-0.39, 0.29) is 48.5 Å². The number of piperidine rings is 2. The zero-order valence-electron chi connectivity index (χ0n) is 28.1. The second kappa shape index (κ2) is 15.9. The zero-order valence-corrected chi connectivity index (χ0v) is 28.1. The topological polar surface area (TPSA) is 113 Å². The van der Waals surface area contributed by atoms with E-state index in [1.165, 1.54) is 0 Å². The fourth-order valence-electron chi connectivity index (χ4n) is 9.52. The first-order valence-corrected chi connectivity index (χ1v) is 18.4. The third kappa shape index (κ3) is 8.43. The van der Waals surface area contributed by atoms with E-state index in [0.29, 0.717) is 56.1 Å². The van der Waals surface area contributed by atoms with Gasteiger partial charge in [-0.25, -0.2) is 4.39 Å². The van der Waals surface area contributed by atoms with Gasteiger partial charge in [0.15, 0.2) is 0 Å². The van der Waals surface area contributed by atoms with E-state index in [9.17, 15) is 14.7 Å². The van der Waals surface area contributed by atoms with Crippen molar-refractivity contribution in [1.29, 1.82) is 0 Å². The number of likely N-dealkylation sites (tertiary alicyclic amines) is 2. The lowest BCUT2D eigenvalue weighted by Gasteiger charge is -2.45. The number of carbonyl (C=O) groups is 2. The first-order valence-electron chi connectivity index (χ1n) is 18.4. The third-order valence-corrected chi connectivity index (χ3v) is 12.6. The molecule has 46 heavy (non-hydrogen) atoms. The number of ether oxygens (including phenoxy) is 3. The molecule has 10 nitrogen and oxygen atoms in total. The van der Waals surface area contributed by atoms with Gasteiger partial charge in [-0.05, 0) is 108 Å². The molecule has 0 spiro atoms. The van der Waals surface area contributed by atoms with Crippen molar-refractivity contribution in [2.45, 2.75) is 114 Å². The summed E-state index contributed by atoms with van der Waals surface area (Å²) in [7, 11) is 1.76. The molecule has 11 heteroatoms. The summed E-state index contributed by atoms with van der Waals surface area (Å²) < 4.78 is 32.2. The summed E-state index contributed by atoms with van der Waals surface area (Å²) in [6.45, 7) is 7.07. The summed E-state index contributed by atoms with van der Waals surface area (Å²) in [5, 5.41) is 17.1. The Morgan fingerprint density at radius 2 is 1.72 bits per heavy atom. The number of halogens is 1. The predicted molar refractivity (Wildman–Crippen MR) is 172 cm³/mol. The van der Waals surface area contributed by atoms with Crippen molar-refractivity contribution in [3.05, 3.63) is 0 Å². The molecule has 6 fully saturated rings. The van der Waals surface area contributed by atoms with E-state index in [0.717, 1.165) is 90.4 Å². The van der Waals surface area contributed by atoms with Crippen LogP contribution >= 0.6 is 0 Å². The Labute approximate surface area is 274 Å². The van der Waals surface area contributed by atoms with Gasteiger partial charge in [-0.3, -0.25) is 14.9 Å². The molecule has 3 saturated heterocycles. The van der Waals surface area contributed by atoms with Crippen molar-refractivity contribution in [1.82, 2.24) is 20.4 Å². The van der Waals surface area contributed by atoms with Crippen LogP contribution in [0.5, 0.6) is 0 Å². The van der Waals surface area contributed by atoms with Crippen molar-refractivity contribution < 1.29 is 33.3 Å². The van der Waals surface area contributed by atoms with Gasteiger partial charge in [-0.1, -0.05) is 0 Å². The normalized spacial score (nSPS) is 41.0. The molecular formula is C35H59FN4O6. The van der Waals surface area contributed by atoms with Gasteiger partial charge in [0.05, 0.1) is 37.8 Å². The second-order valence-corrected chi connectivity index (χ2v) is 15.5. The van der Waals surface area contributed by atoms with Crippen molar-refractivity contribution in [3.63, 3.8) is 0 Å². The zero-order chi connectivity index (χ0) is 32.2. The smallest absolute Gasteiger partial charge is 0.225 e. The largest absolute Gasteiger partial charge is 0.390 e. The van der Waals surface area contributed by atoms with Gasteiger partial charge in [0.2, 0.25) is 11.8 Å². The maximum atomic E-state index is 15.1. The highest BCUT2D eigenvalue weighted by Gasteiger charge is 2.42. The molecule has 6 aliphatic rings. The van der Waals surface area contributed by atoms with E-state index >= 15 is 4.39 Å². The highest BCUT2D eigenvalue weighted by molar-refractivity contribution is 5.79. The molecule has 3 heterocycles. The average molecular weight is 651 g/mol. The monoisotopic (exact) mass is 650 g/mol. The van der Waals surface area contributed by atoms with Crippen LogP contribution in [0.2, 0.25) is 0 Å². The highest BCUT2D eigenvalue weighted by atomic mass is 19.1. The number of hydrogen-bond donors (Lipinski definition) is 3. The van der Waals surface area contributed by atoms with Gasteiger partial charge in [-0.15, -0.1) is 0 Å². The predicted octanol–water partition coefficient (Wildman–Crippen LogP) is 2.72. The molecule has 6 rings (SSSR count). The minimum absolute atomic E-state index is 0.0181. The number of aliphatic hydroxyl groups excluding tert-OH is 1. The van der Waals surface area contributed by atoms with E-state index in [1.807, 2.05) is 0 Å². The Bertz CT molecular complexity index is 1020. The number of alkyl halides is 1. The van der Waals surface area contributed by atoms with Crippen molar-refractivity contribution in [2.24, 2.45) is 35.5 Å². The summed E-state index contributed by atoms with van der Waals surface area (Å²) in [4.78, 5) is 30.7. The molecule has 0 aromatic carbocycles.